The molecular formula is C6H11F3O3Si. The highest BCUT2D eigenvalue weighted by Crippen LogP contribution is 2.32. The Labute approximate surface area is 75.5 Å². The Kier molecular flexibility index (Phi) is 4.10. The van der Waals surface area contributed by atoms with Crippen LogP contribution in [0.4, 0.5) is 13.2 Å². The second-order valence-electron chi connectivity index (χ2n) is 2.14. The summed E-state index contributed by atoms with van der Waals surface area (Å²) in [4.78, 5) is 0. The first-order chi connectivity index (χ1) is 5.84. The maximum Gasteiger partial charge on any atom is 0.540 e. The highest BCUT2D eigenvalue weighted by Gasteiger charge is 2.54. The SMILES string of the molecule is C=C(C(F)(F)F)[Si](OC)(OC)OC. The summed E-state index contributed by atoms with van der Waals surface area (Å²) < 4.78 is 50.4. The molecule has 0 aliphatic carbocycles. The molecule has 0 aromatic heterocycles. The van der Waals surface area contributed by atoms with E-state index in [2.05, 4.69) is 19.9 Å². The van der Waals surface area contributed by atoms with Crippen molar-refractivity contribution in [3.8, 4) is 0 Å². The van der Waals surface area contributed by atoms with Gasteiger partial charge in [-0.2, -0.15) is 13.2 Å². The van der Waals surface area contributed by atoms with E-state index in [0.29, 0.717) is 0 Å². The molecule has 0 heterocycles. The molecule has 0 aliphatic rings. The molecule has 0 N–H and O–H groups in total. The van der Waals surface area contributed by atoms with Crippen molar-refractivity contribution in [2.45, 2.75) is 6.18 Å². The summed E-state index contributed by atoms with van der Waals surface area (Å²) in [5, 5.41) is -1.10. The van der Waals surface area contributed by atoms with Crippen LogP contribution in [0.25, 0.3) is 0 Å². The average Bonchev–Trinajstić information content (AvgIpc) is 2.07. The van der Waals surface area contributed by atoms with Crippen molar-refractivity contribution < 1.29 is 26.4 Å². The third kappa shape index (κ3) is 2.53. The Morgan fingerprint density at radius 2 is 1.38 bits per heavy atom. The van der Waals surface area contributed by atoms with Gasteiger partial charge in [-0.3, -0.25) is 0 Å². The van der Waals surface area contributed by atoms with Crippen molar-refractivity contribution in [1.29, 1.82) is 0 Å². The lowest BCUT2D eigenvalue weighted by atomic mass is 10.6. The molecule has 0 amide bonds. The zero-order chi connectivity index (χ0) is 10.7. The van der Waals surface area contributed by atoms with Crippen LogP contribution in [0, 0.1) is 0 Å². The monoisotopic (exact) mass is 216 g/mol. The van der Waals surface area contributed by atoms with Gasteiger partial charge in [-0.15, -0.1) is 0 Å². The van der Waals surface area contributed by atoms with Crippen LogP contribution in [0.15, 0.2) is 11.8 Å². The summed E-state index contributed by atoms with van der Waals surface area (Å²) in [5.74, 6) is 0. The molecular weight excluding hydrogens is 205 g/mol. The lowest BCUT2D eigenvalue weighted by molar-refractivity contribution is -0.0927. The lowest BCUT2D eigenvalue weighted by Gasteiger charge is -2.27. The molecule has 78 valence electrons. The molecule has 0 aromatic rings. The molecule has 7 heteroatoms. The Bertz CT molecular complexity index is 180. The standard InChI is InChI=1S/C6H11F3O3Si/c1-5(6(7,8)9)13(10-2,11-3)12-4/h1H2,2-4H3. The van der Waals surface area contributed by atoms with E-state index < -0.39 is 20.2 Å². The van der Waals surface area contributed by atoms with Gasteiger partial charge in [-0.1, -0.05) is 6.58 Å². The van der Waals surface area contributed by atoms with E-state index in [-0.39, 0.29) is 0 Å². The lowest BCUT2D eigenvalue weighted by Crippen LogP contribution is -2.49. The Hall–Kier alpha value is -0.373. The molecule has 3 nitrogen and oxygen atoms in total. The molecule has 0 spiro atoms. The Balaban J connectivity index is 4.85. The minimum Gasteiger partial charge on any atom is -0.373 e. The first kappa shape index (κ1) is 12.6. The van der Waals surface area contributed by atoms with Crippen molar-refractivity contribution in [2.75, 3.05) is 21.3 Å². The number of hydrogen-bond donors (Lipinski definition) is 0. The highest BCUT2D eigenvalue weighted by atomic mass is 28.4. The minimum absolute atomic E-state index is 1.09. The molecule has 0 fully saturated rings. The van der Waals surface area contributed by atoms with Gasteiger partial charge in [-0.25, -0.2) is 0 Å². The van der Waals surface area contributed by atoms with E-state index in [1.165, 1.54) is 0 Å². The number of alkyl halides is 3. The maximum atomic E-state index is 12.2. The van der Waals surface area contributed by atoms with E-state index in [1.54, 1.807) is 0 Å². The fourth-order valence-electron chi connectivity index (χ4n) is 0.793. The average molecular weight is 216 g/mol. The number of halogens is 3. The van der Waals surface area contributed by atoms with Crippen molar-refractivity contribution in [2.24, 2.45) is 0 Å². The molecule has 0 unspecified atom stereocenters. The van der Waals surface area contributed by atoms with Crippen molar-refractivity contribution in [1.82, 2.24) is 0 Å². The molecule has 0 atom stereocenters. The van der Waals surface area contributed by atoms with Gasteiger partial charge in [0.15, 0.2) is 0 Å². The molecule has 0 bridgehead atoms. The van der Waals surface area contributed by atoms with Gasteiger partial charge in [0, 0.05) is 21.3 Å². The third-order valence-corrected chi connectivity index (χ3v) is 4.15. The largest absolute Gasteiger partial charge is 0.540 e. The number of hydrogen-bond acceptors (Lipinski definition) is 3. The first-order valence-corrected chi connectivity index (χ1v) is 4.98. The molecule has 0 saturated heterocycles. The van der Waals surface area contributed by atoms with E-state index >= 15 is 0 Å². The van der Waals surface area contributed by atoms with Gasteiger partial charge in [0.25, 0.3) is 0 Å². The summed E-state index contributed by atoms with van der Waals surface area (Å²) in [7, 11) is -0.495. The number of allylic oxidation sites excluding steroid dienone is 1. The second-order valence-corrected chi connectivity index (χ2v) is 5.09. The Morgan fingerprint density at radius 1 is 1.08 bits per heavy atom. The van der Waals surface area contributed by atoms with Crippen LogP contribution in [0.2, 0.25) is 0 Å². The van der Waals surface area contributed by atoms with Crippen LogP contribution in [0.3, 0.4) is 0 Å². The van der Waals surface area contributed by atoms with E-state index in [9.17, 15) is 13.2 Å². The molecule has 0 aromatic carbocycles. The summed E-state index contributed by atoms with van der Waals surface area (Å²) in [6.45, 7) is 2.87. The van der Waals surface area contributed by atoms with Crippen LogP contribution >= 0.6 is 0 Å². The van der Waals surface area contributed by atoms with Crippen molar-refractivity contribution >= 4 is 8.80 Å². The molecule has 0 radical (unpaired) electrons. The summed E-state index contributed by atoms with van der Waals surface area (Å²) in [5.41, 5.74) is 0. The molecule has 13 heavy (non-hydrogen) atoms. The minimum atomic E-state index is -4.56. The van der Waals surface area contributed by atoms with Crippen LogP contribution in [0.1, 0.15) is 0 Å². The number of rotatable bonds is 4. The van der Waals surface area contributed by atoms with Gasteiger partial charge in [0.1, 0.15) is 0 Å². The van der Waals surface area contributed by atoms with Gasteiger partial charge in [0.05, 0.1) is 5.20 Å². The predicted octanol–water partition coefficient (Wildman–Crippen LogP) is 1.52. The second kappa shape index (κ2) is 4.23. The van der Waals surface area contributed by atoms with Gasteiger partial charge >= 0.3 is 15.0 Å². The van der Waals surface area contributed by atoms with E-state index in [4.69, 9.17) is 0 Å². The molecule has 0 rings (SSSR count). The summed E-state index contributed by atoms with van der Waals surface area (Å²) >= 11 is 0. The normalized spacial score (nSPS) is 13.1. The van der Waals surface area contributed by atoms with Crippen LogP contribution in [0.5, 0.6) is 0 Å². The van der Waals surface area contributed by atoms with Crippen LogP contribution in [-0.4, -0.2) is 36.3 Å². The zero-order valence-corrected chi connectivity index (χ0v) is 8.57. The van der Waals surface area contributed by atoms with Crippen molar-refractivity contribution in [3.05, 3.63) is 11.8 Å². The van der Waals surface area contributed by atoms with Gasteiger partial charge < -0.3 is 13.3 Å². The van der Waals surface area contributed by atoms with Crippen molar-refractivity contribution in [3.63, 3.8) is 0 Å². The maximum absolute atomic E-state index is 12.2. The Morgan fingerprint density at radius 3 is 1.46 bits per heavy atom. The quantitative estimate of drug-likeness (QED) is 0.667. The van der Waals surface area contributed by atoms with Crippen LogP contribution in [-0.2, 0) is 13.3 Å². The summed E-state index contributed by atoms with van der Waals surface area (Å²) in [6.07, 6.45) is -4.56. The fourth-order valence-corrected chi connectivity index (χ4v) is 2.38. The zero-order valence-electron chi connectivity index (χ0n) is 7.57. The summed E-state index contributed by atoms with van der Waals surface area (Å²) in [6, 6.07) is 0. The highest BCUT2D eigenvalue weighted by molar-refractivity contribution is 6.68. The van der Waals surface area contributed by atoms with Gasteiger partial charge in [-0.05, 0) is 0 Å². The first-order valence-electron chi connectivity index (χ1n) is 3.26. The topological polar surface area (TPSA) is 27.7 Å². The van der Waals surface area contributed by atoms with E-state index in [0.717, 1.165) is 21.3 Å². The van der Waals surface area contributed by atoms with E-state index in [1.807, 2.05) is 0 Å². The molecule has 0 saturated carbocycles. The third-order valence-electron chi connectivity index (χ3n) is 1.52. The van der Waals surface area contributed by atoms with Crippen LogP contribution < -0.4 is 0 Å². The smallest absolute Gasteiger partial charge is 0.373 e. The van der Waals surface area contributed by atoms with Gasteiger partial charge in [0.2, 0.25) is 0 Å². The fraction of sp³-hybridized carbons (Fsp3) is 0.667. The predicted molar refractivity (Wildman–Crippen MR) is 42.0 cm³/mol. The molecule has 0 aliphatic heterocycles.